The quantitative estimate of drug-likeness (QED) is 0.658. The van der Waals surface area contributed by atoms with Gasteiger partial charge in [-0.2, -0.15) is 5.26 Å². The van der Waals surface area contributed by atoms with Crippen molar-refractivity contribution < 1.29 is 14.1 Å². The van der Waals surface area contributed by atoms with Crippen LogP contribution in [0.2, 0.25) is 0 Å². The minimum atomic E-state index is -0.112. The molecule has 27 heavy (non-hydrogen) atoms. The first-order chi connectivity index (χ1) is 13.0. The van der Waals surface area contributed by atoms with E-state index in [2.05, 4.69) is 17.5 Å². The normalized spacial score (nSPS) is 11.9. The predicted octanol–water partition coefficient (Wildman–Crippen LogP) is 2.33. The number of carbonyl (C=O) groups is 1. The van der Waals surface area contributed by atoms with Gasteiger partial charge in [-0.3, -0.25) is 4.79 Å². The second-order valence-corrected chi connectivity index (χ2v) is 7.68. The topological polar surface area (TPSA) is 75.4 Å². The summed E-state index contributed by atoms with van der Waals surface area (Å²) in [6, 6.07) is 10.0. The van der Waals surface area contributed by atoms with Gasteiger partial charge in [-0.15, -0.1) is 11.3 Å². The minimum absolute atomic E-state index is 0.112. The van der Waals surface area contributed by atoms with Gasteiger partial charge >= 0.3 is 0 Å². The number of thiophene rings is 1. The van der Waals surface area contributed by atoms with Crippen LogP contribution in [0.1, 0.15) is 27.5 Å². The Morgan fingerprint density at radius 2 is 2.19 bits per heavy atom. The Kier molecular flexibility index (Phi) is 5.79. The highest BCUT2D eigenvalue weighted by Crippen LogP contribution is 2.27. The molecule has 1 unspecified atom stereocenters. The molecule has 3 heterocycles. The SMILES string of the molecule is Cc1c(C#N)c(NC(=O)C[NH+](C)Cc2cccs2)n(Cc2ccco2)c1C. The fourth-order valence-electron chi connectivity index (χ4n) is 3.11. The summed E-state index contributed by atoms with van der Waals surface area (Å²) in [6.07, 6.45) is 1.62. The maximum atomic E-state index is 12.6. The molecule has 0 aliphatic carbocycles. The Bertz CT molecular complexity index is 949. The van der Waals surface area contributed by atoms with Gasteiger partial charge in [0.25, 0.3) is 5.91 Å². The molecule has 0 saturated heterocycles. The highest BCUT2D eigenvalue weighted by molar-refractivity contribution is 7.09. The standard InChI is InChI=1S/C20H22N4O2S/c1-14-15(2)24(11-16-6-4-8-26-16)20(18(14)10-21)22-19(25)13-23(3)12-17-7-5-9-27-17/h4-9H,11-13H2,1-3H3,(H,22,25)/p+1. The number of amides is 1. The van der Waals surface area contributed by atoms with Crippen LogP contribution in [0.25, 0.3) is 0 Å². The number of hydrogen-bond donors (Lipinski definition) is 2. The molecule has 2 N–H and O–H groups in total. The number of nitriles is 1. The third kappa shape index (κ3) is 4.30. The van der Waals surface area contributed by atoms with E-state index in [1.165, 1.54) is 4.88 Å². The van der Waals surface area contributed by atoms with Crippen molar-refractivity contribution in [3.63, 3.8) is 0 Å². The molecule has 3 aromatic rings. The molecule has 0 aromatic carbocycles. The Labute approximate surface area is 162 Å². The first-order valence-electron chi connectivity index (χ1n) is 8.75. The molecule has 3 rings (SSSR count). The van der Waals surface area contributed by atoms with Gasteiger partial charge in [0, 0.05) is 5.69 Å². The molecule has 140 valence electrons. The van der Waals surface area contributed by atoms with Crippen LogP contribution in [-0.4, -0.2) is 24.1 Å². The van der Waals surface area contributed by atoms with Crippen molar-refractivity contribution in [2.75, 3.05) is 18.9 Å². The highest BCUT2D eigenvalue weighted by atomic mass is 32.1. The number of quaternary nitrogens is 1. The Morgan fingerprint density at radius 3 is 2.81 bits per heavy atom. The second kappa shape index (κ2) is 8.25. The highest BCUT2D eigenvalue weighted by Gasteiger charge is 2.21. The van der Waals surface area contributed by atoms with Gasteiger partial charge in [-0.25, -0.2) is 0 Å². The number of likely N-dealkylation sites (N-methyl/N-ethyl adjacent to an activating group) is 1. The van der Waals surface area contributed by atoms with Crippen molar-refractivity contribution in [3.05, 3.63) is 63.4 Å². The van der Waals surface area contributed by atoms with Crippen molar-refractivity contribution in [2.24, 2.45) is 0 Å². The van der Waals surface area contributed by atoms with Gasteiger partial charge in [0.1, 0.15) is 24.2 Å². The van der Waals surface area contributed by atoms with E-state index in [0.29, 0.717) is 24.5 Å². The number of rotatable bonds is 7. The van der Waals surface area contributed by atoms with Crippen LogP contribution in [0.4, 0.5) is 5.82 Å². The average molecular weight is 383 g/mol. The minimum Gasteiger partial charge on any atom is -0.467 e. The van der Waals surface area contributed by atoms with E-state index in [0.717, 1.165) is 28.5 Å². The molecule has 0 spiro atoms. The van der Waals surface area contributed by atoms with E-state index < -0.39 is 0 Å². The van der Waals surface area contributed by atoms with Crippen LogP contribution in [0.3, 0.4) is 0 Å². The van der Waals surface area contributed by atoms with E-state index >= 15 is 0 Å². The molecule has 0 bridgehead atoms. The summed E-state index contributed by atoms with van der Waals surface area (Å²) in [7, 11) is 1.99. The van der Waals surface area contributed by atoms with Crippen LogP contribution in [-0.2, 0) is 17.9 Å². The van der Waals surface area contributed by atoms with Gasteiger partial charge in [0.05, 0.1) is 30.3 Å². The van der Waals surface area contributed by atoms with Crippen LogP contribution in [0, 0.1) is 25.2 Å². The molecule has 0 radical (unpaired) electrons. The lowest BCUT2D eigenvalue weighted by Gasteiger charge is -2.15. The maximum Gasteiger partial charge on any atom is 0.280 e. The molecule has 0 aliphatic rings. The third-order valence-corrected chi connectivity index (χ3v) is 5.49. The molecule has 7 heteroatoms. The summed E-state index contributed by atoms with van der Waals surface area (Å²) in [5.74, 6) is 1.20. The Balaban J connectivity index is 1.77. The van der Waals surface area contributed by atoms with Crippen molar-refractivity contribution in [1.29, 1.82) is 5.26 Å². The van der Waals surface area contributed by atoms with Crippen LogP contribution in [0.5, 0.6) is 0 Å². The van der Waals surface area contributed by atoms with E-state index in [1.54, 1.807) is 17.6 Å². The van der Waals surface area contributed by atoms with E-state index in [-0.39, 0.29) is 5.91 Å². The van der Waals surface area contributed by atoms with Gasteiger partial charge in [0.2, 0.25) is 0 Å². The van der Waals surface area contributed by atoms with Crippen molar-refractivity contribution in [2.45, 2.75) is 26.9 Å². The number of carbonyl (C=O) groups excluding carboxylic acids is 1. The first-order valence-corrected chi connectivity index (χ1v) is 9.63. The molecule has 1 atom stereocenters. The summed E-state index contributed by atoms with van der Waals surface area (Å²) in [6.45, 7) is 5.43. The molecular weight excluding hydrogens is 360 g/mol. The lowest BCUT2D eigenvalue weighted by Crippen LogP contribution is -3.08. The zero-order valence-electron chi connectivity index (χ0n) is 15.7. The molecular formula is C20H23N4O2S+. The molecule has 0 saturated carbocycles. The van der Waals surface area contributed by atoms with Gasteiger partial charge < -0.3 is 19.2 Å². The summed E-state index contributed by atoms with van der Waals surface area (Å²) in [5.41, 5.74) is 2.32. The van der Waals surface area contributed by atoms with E-state index in [4.69, 9.17) is 4.42 Å². The number of anilines is 1. The van der Waals surface area contributed by atoms with Gasteiger partial charge in [-0.05, 0) is 43.0 Å². The summed E-state index contributed by atoms with van der Waals surface area (Å²) >= 11 is 1.69. The van der Waals surface area contributed by atoms with Crippen molar-refractivity contribution >= 4 is 23.1 Å². The molecule has 3 aromatic heterocycles. The zero-order chi connectivity index (χ0) is 19.4. The number of nitrogens with zero attached hydrogens (tertiary/aromatic N) is 2. The zero-order valence-corrected chi connectivity index (χ0v) is 16.5. The molecule has 1 amide bonds. The lowest BCUT2D eigenvalue weighted by molar-refractivity contribution is -0.884. The number of hydrogen-bond acceptors (Lipinski definition) is 4. The van der Waals surface area contributed by atoms with Crippen LogP contribution in [0.15, 0.2) is 40.3 Å². The molecule has 0 fully saturated rings. The van der Waals surface area contributed by atoms with Crippen molar-refractivity contribution in [1.82, 2.24) is 4.57 Å². The van der Waals surface area contributed by atoms with Crippen molar-refractivity contribution in [3.8, 4) is 6.07 Å². The predicted molar refractivity (Wildman–Crippen MR) is 105 cm³/mol. The first kappa shape index (κ1) is 19.0. The maximum absolute atomic E-state index is 12.6. The second-order valence-electron chi connectivity index (χ2n) is 6.65. The fraction of sp³-hybridized carbons (Fsp3) is 0.300. The summed E-state index contributed by atoms with van der Waals surface area (Å²) < 4.78 is 7.37. The Morgan fingerprint density at radius 1 is 1.37 bits per heavy atom. The monoisotopic (exact) mass is 383 g/mol. The third-order valence-electron chi connectivity index (χ3n) is 4.61. The summed E-state index contributed by atoms with van der Waals surface area (Å²) in [4.78, 5) is 15.0. The number of aromatic nitrogens is 1. The van der Waals surface area contributed by atoms with Crippen LogP contribution < -0.4 is 10.2 Å². The number of nitrogens with one attached hydrogen (secondary N) is 2. The number of furan rings is 1. The fourth-order valence-corrected chi connectivity index (χ4v) is 3.93. The summed E-state index contributed by atoms with van der Waals surface area (Å²) in [5, 5.41) is 14.6. The van der Waals surface area contributed by atoms with Crippen LogP contribution >= 0.6 is 11.3 Å². The smallest absolute Gasteiger partial charge is 0.280 e. The Hall–Kier alpha value is -2.82. The van der Waals surface area contributed by atoms with Gasteiger partial charge in [0.15, 0.2) is 6.54 Å². The molecule has 6 nitrogen and oxygen atoms in total. The lowest BCUT2D eigenvalue weighted by atomic mass is 10.2. The van der Waals surface area contributed by atoms with E-state index in [9.17, 15) is 10.1 Å². The average Bonchev–Trinajstić information content (AvgIpc) is 3.35. The van der Waals surface area contributed by atoms with Gasteiger partial charge in [-0.1, -0.05) is 6.07 Å². The molecule has 0 aliphatic heterocycles. The van der Waals surface area contributed by atoms with E-state index in [1.807, 2.05) is 49.0 Å². The largest absolute Gasteiger partial charge is 0.467 e.